The van der Waals surface area contributed by atoms with Gasteiger partial charge in [-0.2, -0.15) is 5.10 Å². The molecule has 0 aliphatic carbocycles. The number of carbonyl (C=O) groups is 1. The number of anilines is 1. The molecule has 0 radical (unpaired) electrons. The Balaban J connectivity index is 1.42. The number of nitrogens with zero attached hydrogens (tertiary/aromatic N) is 3. The molecule has 140 valence electrons. The standard InChI is InChI=1S/C21H17ClN4OS/c22-17-7-3-1-5-15(17)13-26-20(10-12-24-26)25-21(27)14-28-19-9-11-23-18-8-4-2-6-16(18)19/h1-12H,13-14H2,(H,25,27). The molecule has 0 fully saturated rings. The van der Waals surface area contributed by atoms with Gasteiger partial charge in [0.1, 0.15) is 5.82 Å². The molecule has 1 amide bonds. The van der Waals surface area contributed by atoms with Gasteiger partial charge in [0, 0.05) is 27.6 Å². The van der Waals surface area contributed by atoms with E-state index in [9.17, 15) is 4.79 Å². The number of pyridine rings is 1. The van der Waals surface area contributed by atoms with Crippen LogP contribution in [0.25, 0.3) is 10.9 Å². The predicted molar refractivity (Wildman–Crippen MR) is 114 cm³/mol. The van der Waals surface area contributed by atoms with Gasteiger partial charge in [-0.15, -0.1) is 11.8 Å². The van der Waals surface area contributed by atoms with Crippen LogP contribution in [0.15, 0.2) is 78.0 Å². The minimum Gasteiger partial charge on any atom is -0.310 e. The minimum absolute atomic E-state index is 0.0909. The maximum absolute atomic E-state index is 12.5. The molecule has 4 aromatic rings. The highest BCUT2D eigenvalue weighted by molar-refractivity contribution is 8.00. The van der Waals surface area contributed by atoms with Gasteiger partial charge in [0.25, 0.3) is 0 Å². The average Bonchev–Trinajstić information content (AvgIpc) is 3.14. The third-order valence-electron chi connectivity index (χ3n) is 4.23. The Morgan fingerprint density at radius 2 is 1.86 bits per heavy atom. The van der Waals surface area contributed by atoms with E-state index in [1.807, 2.05) is 54.6 Å². The van der Waals surface area contributed by atoms with E-state index in [2.05, 4.69) is 15.4 Å². The van der Waals surface area contributed by atoms with Gasteiger partial charge in [0.2, 0.25) is 5.91 Å². The second kappa shape index (κ2) is 8.46. The van der Waals surface area contributed by atoms with E-state index in [1.165, 1.54) is 11.8 Å². The Labute approximate surface area is 171 Å². The summed E-state index contributed by atoms with van der Waals surface area (Å²) in [6, 6.07) is 19.2. The number of carbonyl (C=O) groups excluding carboxylic acids is 1. The molecule has 28 heavy (non-hydrogen) atoms. The first-order valence-corrected chi connectivity index (χ1v) is 10.1. The Hall–Kier alpha value is -2.83. The molecule has 0 saturated carbocycles. The van der Waals surface area contributed by atoms with Gasteiger partial charge in [-0.3, -0.25) is 9.78 Å². The highest BCUT2D eigenvalue weighted by atomic mass is 35.5. The molecule has 0 aliphatic rings. The fourth-order valence-corrected chi connectivity index (χ4v) is 3.91. The molecule has 0 atom stereocenters. The van der Waals surface area contributed by atoms with Crippen LogP contribution in [0.5, 0.6) is 0 Å². The van der Waals surface area contributed by atoms with Crippen molar-refractivity contribution in [3.05, 3.63) is 83.6 Å². The van der Waals surface area contributed by atoms with Crippen LogP contribution >= 0.6 is 23.4 Å². The van der Waals surface area contributed by atoms with Crippen molar-refractivity contribution in [1.29, 1.82) is 0 Å². The number of fused-ring (bicyclic) bond motifs is 1. The summed E-state index contributed by atoms with van der Waals surface area (Å²) < 4.78 is 1.73. The monoisotopic (exact) mass is 408 g/mol. The molecule has 0 spiro atoms. The van der Waals surface area contributed by atoms with Crippen LogP contribution < -0.4 is 5.32 Å². The quantitative estimate of drug-likeness (QED) is 0.462. The third-order valence-corrected chi connectivity index (χ3v) is 5.67. The summed E-state index contributed by atoms with van der Waals surface area (Å²) in [7, 11) is 0. The lowest BCUT2D eigenvalue weighted by Gasteiger charge is -2.10. The Bertz CT molecular complexity index is 1120. The van der Waals surface area contributed by atoms with Gasteiger partial charge in [0.05, 0.1) is 24.0 Å². The first-order valence-electron chi connectivity index (χ1n) is 8.72. The molecule has 0 saturated heterocycles. The molecule has 2 heterocycles. The topological polar surface area (TPSA) is 59.8 Å². The van der Waals surface area contributed by atoms with Crippen LogP contribution in [0, 0.1) is 0 Å². The summed E-state index contributed by atoms with van der Waals surface area (Å²) in [6.45, 7) is 0.490. The second-order valence-electron chi connectivity index (χ2n) is 6.13. The summed E-state index contributed by atoms with van der Waals surface area (Å²) in [5, 5.41) is 8.95. The van der Waals surface area contributed by atoms with Crippen molar-refractivity contribution >= 4 is 46.0 Å². The number of para-hydroxylation sites is 1. The Morgan fingerprint density at radius 3 is 2.75 bits per heavy atom. The average molecular weight is 409 g/mol. The van der Waals surface area contributed by atoms with Gasteiger partial charge in [-0.1, -0.05) is 48.0 Å². The SMILES string of the molecule is O=C(CSc1ccnc2ccccc12)Nc1ccnn1Cc1ccccc1Cl. The fraction of sp³-hybridized carbons (Fsp3) is 0.0952. The van der Waals surface area contributed by atoms with E-state index < -0.39 is 0 Å². The smallest absolute Gasteiger partial charge is 0.235 e. The number of thioether (sulfide) groups is 1. The van der Waals surface area contributed by atoms with Crippen LogP contribution in [0.2, 0.25) is 5.02 Å². The lowest BCUT2D eigenvalue weighted by molar-refractivity contribution is -0.113. The van der Waals surface area contributed by atoms with Gasteiger partial charge in [0.15, 0.2) is 0 Å². The molecular weight excluding hydrogens is 392 g/mol. The van der Waals surface area contributed by atoms with Crippen molar-refractivity contribution in [1.82, 2.24) is 14.8 Å². The maximum atomic E-state index is 12.5. The van der Waals surface area contributed by atoms with E-state index in [1.54, 1.807) is 23.1 Å². The number of nitrogens with one attached hydrogen (secondary N) is 1. The Morgan fingerprint density at radius 1 is 1.04 bits per heavy atom. The van der Waals surface area contributed by atoms with Gasteiger partial charge in [-0.25, -0.2) is 4.68 Å². The summed E-state index contributed by atoms with van der Waals surface area (Å²) in [5.74, 6) is 0.850. The van der Waals surface area contributed by atoms with Crippen molar-refractivity contribution in [2.75, 3.05) is 11.1 Å². The van der Waals surface area contributed by atoms with E-state index >= 15 is 0 Å². The van der Waals surface area contributed by atoms with E-state index in [0.717, 1.165) is 21.4 Å². The van der Waals surface area contributed by atoms with E-state index in [-0.39, 0.29) is 5.91 Å². The zero-order valence-electron chi connectivity index (χ0n) is 14.9. The molecule has 7 heteroatoms. The number of benzene rings is 2. The number of amides is 1. The van der Waals surface area contributed by atoms with Crippen LogP contribution in [0.4, 0.5) is 5.82 Å². The molecule has 0 bridgehead atoms. The zero-order chi connectivity index (χ0) is 19.3. The predicted octanol–water partition coefficient (Wildman–Crippen LogP) is 4.86. The lowest BCUT2D eigenvalue weighted by atomic mass is 10.2. The molecule has 4 rings (SSSR count). The number of hydrogen-bond donors (Lipinski definition) is 1. The van der Waals surface area contributed by atoms with Gasteiger partial charge >= 0.3 is 0 Å². The van der Waals surface area contributed by atoms with Gasteiger partial charge < -0.3 is 5.32 Å². The molecule has 2 aromatic heterocycles. The van der Waals surface area contributed by atoms with E-state index in [0.29, 0.717) is 23.1 Å². The van der Waals surface area contributed by atoms with E-state index in [4.69, 9.17) is 11.6 Å². The molecular formula is C21H17ClN4OS. The molecule has 5 nitrogen and oxygen atoms in total. The minimum atomic E-state index is -0.0909. The molecule has 1 N–H and O–H groups in total. The Kier molecular flexibility index (Phi) is 5.60. The van der Waals surface area contributed by atoms with Crippen LogP contribution in [-0.4, -0.2) is 26.4 Å². The normalized spacial score (nSPS) is 10.9. The molecule has 0 unspecified atom stereocenters. The van der Waals surface area contributed by atoms with Crippen molar-refractivity contribution in [2.45, 2.75) is 11.4 Å². The number of rotatable bonds is 6. The third kappa shape index (κ3) is 4.18. The summed E-state index contributed by atoms with van der Waals surface area (Å²) in [6.07, 6.45) is 3.43. The highest BCUT2D eigenvalue weighted by Crippen LogP contribution is 2.26. The largest absolute Gasteiger partial charge is 0.310 e. The lowest BCUT2D eigenvalue weighted by Crippen LogP contribution is -2.18. The molecule has 2 aromatic carbocycles. The first-order chi connectivity index (χ1) is 13.7. The second-order valence-corrected chi connectivity index (χ2v) is 7.55. The zero-order valence-corrected chi connectivity index (χ0v) is 16.5. The maximum Gasteiger partial charge on any atom is 0.235 e. The number of hydrogen-bond acceptors (Lipinski definition) is 4. The molecule has 0 aliphatic heterocycles. The van der Waals surface area contributed by atoms with Crippen molar-refractivity contribution < 1.29 is 4.79 Å². The number of aromatic nitrogens is 3. The summed E-state index contributed by atoms with van der Waals surface area (Å²) in [4.78, 5) is 17.9. The van der Waals surface area contributed by atoms with Crippen LogP contribution in [0.1, 0.15) is 5.56 Å². The first kappa shape index (κ1) is 18.5. The summed E-state index contributed by atoms with van der Waals surface area (Å²) >= 11 is 7.72. The fourth-order valence-electron chi connectivity index (χ4n) is 2.87. The van der Waals surface area contributed by atoms with Crippen molar-refractivity contribution in [3.63, 3.8) is 0 Å². The number of halogens is 1. The van der Waals surface area contributed by atoms with Crippen molar-refractivity contribution in [2.24, 2.45) is 0 Å². The van der Waals surface area contributed by atoms with Crippen LogP contribution in [0.3, 0.4) is 0 Å². The van der Waals surface area contributed by atoms with Crippen molar-refractivity contribution in [3.8, 4) is 0 Å². The highest BCUT2D eigenvalue weighted by Gasteiger charge is 2.11. The summed E-state index contributed by atoms with van der Waals surface area (Å²) in [5.41, 5.74) is 1.87. The van der Waals surface area contributed by atoms with Gasteiger partial charge in [-0.05, 0) is 23.8 Å². The van der Waals surface area contributed by atoms with Crippen LogP contribution in [-0.2, 0) is 11.3 Å².